The number of H-pyrrole nitrogens is 1. The van der Waals surface area contributed by atoms with Gasteiger partial charge in [-0.15, -0.1) is 0 Å². The Kier molecular flexibility index (Phi) is 4.21. The Labute approximate surface area is 149 Å². The van der Waals surface area contributed by atoms with Crippen molar-refractivity contribution >= 4 is 40.3 Å². The smallest absolute Gasteiger partial charge is 0.238 e. The van der Waals surface area contributed by atoms with Crippen LogP contribution in [-0.4, -0.2) is 21.9 Å². The highest BCUT2D eigenvalue weighted by Gasteiger charge is 2.29. The number of carbonyl (C=O) groups is 1. The third-order valence-electron chi connectivity index (χ3n) is 3.92. The summed E-state index contributed by atoms with van der Waals surface area (Å²) in [4.78, 5) is 20.5. The van der Waals surface area contributed by atoms with E-state index in [1.54, 1.807) is 0 Å². The van der Waals surface area contributed by atoms with Crippen LogP contribution < -0.4 is 5.32 Å². The van der Waals surface area contributed by atoms with Crippen molar-refractivity contribution in [2.24, 2.45) is 0 Å². The Morgan fingerprint density at radius 1 is 1.25 bits per heavy atom. The van der Waals surface area contributed by atoms with Crippen LogP contribution in [0, 0.1) is 0 Å². The van der Waals surface area contributed by atoms with Gasteiger partial charge in [-0.25, -0.2) is 4.98 Å². The average Bonchev–Trinajstić information content (AvgIpc) is 3.30. The zero-order valence-electron chi connectivity index (χ0n) is 12.8. The number of thioether (sulfide) groups is 1. The van der Waals surface area contributed by atoms with Gasteiger partial charge in [0, 0.05) is 11.1 Å². The van der Waals surface area contributed by atoms with Crippen LogP contribution in [0.3, 0.4) is 0 Å². The molecule has 0 saturated heterocycles. The third-order valence-corrected chi connectivity index (χ3v) is 5.29. The standard InChI is InChI=1S/C18H16ClN3OS/c19-12-6-9-14-15(10-12)22-18(21-14)24-16(11-4-2-1-3-5-11)17(23)20-13-7-8-13/h1-6,9-10,13,16H,7-8H2,(H,20,23)(H,21,22)/t16-/m0/s1. The molecule has 24 heavy (non-hydrogen) atoms. The minimum Gasteiger partial charge on any atom is -0.352 e. The first-order valence-corrected chi connectivity index (χ1v) is 9.12. The lowest BCUT2D eigenvalue weighted by atomic mass is 10.1. The Bertz CT molecular complexity index is 876. The molecule has 2 aromatic carbocycles. The van der Waals surface area contributed by atoms with Crippen LogP contribution in [0.25, 0.3) is 11.0 Å². The maximum atomic E-state index is 12.7. The fraction of sp³-hybridized carbons (Fsp3) is 0.222. The maximum Gasteiger partial charge on any atom is 0.238 e. The van der Waals surface area contributed by atoms with E-state index >= 15 is 0 Å². The van der Waals surface area contributed by atoms with Gasteiger partial charge in [-0.3, -0.25) is 4.79 Å². The van der Waals surface area contributed by atoms with Gasteiger partial charge >= 0.3 is 0 Å². The number of nitrogens with zero attached hydrogens (tertiary/aromatic N) is 1. The number of nitrogens with one attached hydrogen (secondary N) is 2. The van der Waals surface area contributed by atoms with Crippen LogP contribution in [0.5, 0.6) is 0 Å². The highest BCUT2D eigenvalue weighted by atomic mass is 35.5. The van der Waals surface area contributed by atoms with E-state index in [1.165, 1.54) is 11.8 Å². The minimum absolute atomic E-state index is 0.0344. The molecule has 1 aliphatic carbocycles. The predicted octanol–water partition coefficient (Wildman–Crippen LogP) is 4.33. The summed E-state index contributed by atoms with van der Waals surface area (Å²) in [5.41, 5.74) is 2.69. The quantitative estimate of drug-likeness (QED) is 0.668. The Balaban J connectivity index is 1.63. The van der Waals surface area contributed by atoms with E-state index < -0.39 is 0 Å². The second-order valence-electron chi connectivity index (χ2n) is 5.89. The van der Waals surface area contributed by atoms with E-state index in [-0.39, 0.29) is 11.2 Å². The normalized spacial score (nSPS) is 15.4. The lowest BCUT2D eigenvalue weighted by Gasteiger charge is -2.15. The summed E-state index contributed by atoms with van der Waals surface area (Å²) in [6, 6.07) is 15.7. The monoisotopic (exact) mass is 357 g/mol. The molecule has 0 radical (unpaired) electrons. The van der Waals surface area contributed by atoms with Gasteiger partial charge in [0.1, 0.15) is 5.25 Å². The molecular weight excluding hydrogens is 342 g/mol. The van der Waals surface area contributed by atoms with E-state index in [4.69, 9.17) is 11.6 Å². The molecule has 6 heteroatoms. The van der Waals surface area contributed by atoms with E-state index in [0.717, 1.165) is 29.4 Å². The Hall–Kier alpha value is -1.98. The fourth-order valence-corrected chi connectivity index (χ4v) is 3.71. The largest absolute Gasteiger partial charge is 0.352 e. The molecule has 1 heterocycles. The molecule has 2 N–H and O–H groups in total. The molecule has 1 atom stereocenters. The van der Waals surface area contributed by atoms with Crippen molar-refractivity contribution < 1.29 is 4.79 Å². The number of imidazole rings is 1. The van der Waals surface area contributed by atoms with Gasteiger partial charge in [-0.2, -0.15) is 0 Å². The van der Waals surface area contributed by atoms with Crippen molar-refractivity contribution in [3.63, 3.8) is 0 Å². The maximum absolute atomic E-state index is 12.7. The number of carbonyl (C=O) groups excluding carboxylic acids is 1. The Morgan fingerprint density at radius 2 is 2.04 bits per heavy atom. The molecule has 4 rings (SSSR count). The SMILES string of the molecule is O=C(NC1CC1)[C@@H](Sc1nc2ccc(Cl)cc2[nH]1)c1ccccc1. The summed E-state index contributed by atoms with van der Waals surface area (Å²) in [6.45, 7) is 0. The molecule has 3 aromatic rings. The van der Waals surface area contributed by atoms with Gasteiger partial charge in [0.25, 0.3) is 0 Å². The van der Waals surface area contributed by atoms with E-state index in [0.29, 0.717) is 16.2 Å². The molecular formula is C18H16ClN3OS. The van der Waals surface area contributed by atoms with Crippen LogP contribution in [0.4, 0.5) is 0 Å². The molecule has 1 amide bonds. The number of fused-ring (bicyclic) bond motifs is 1. The van der Waals surface area contributed by atoms with Gasteiger partial charge < -0.3 is 10.3 Å². The second-order valence-corrected chi connectivity index (χ2v) is 7.43. The van der Waals surface area contributed by atoms with Crippen molar-refractivity contribution in [1.82, 2.24) is 15.3 Å². The van der Waals surface area contributed by atoms with Gasteiger partial charge in [0.15, 0.2) is 5.16 Å². The molecule has 1 aliphatic rings. The first kappa shape index (κ1) is 15.5. The summed E-state index contributed by atoms with van der Waals surface area (Å²) >= 11 is 7.46. The number of rotatable bonds is 5. The van der Waals surface area contributed by atoms with Crippen molar-refractivity contribution in [1.29, 1.82) is 0 Å². The summed E-state index contributed by atoms with van der Waals surface area (Å²) in [6.07, 6.45) is 2.14. The Morgan fingerprint density at radius 3 is 2.79 bits per heavy atom. The molecule has 1 saturated carbocycles. The number of hydrogen-bond donors (Lipinski definition) is 2. The zero-order chi connectivity index (χ0) is 16.5. The van der Waals surface area contributed by atoms with Crippen LogP contribution in [0.1, 0.15) is 23.7 Å². The van der Waals surface area contributed by atoms with E-state index in [9.17, 15) is 4.79 Å². The van der Waals surface area contributed by atoms with E-state index in [1.807, 2.05) is 48.5 Å². The average molecular weight is 358 g/mol. The summed E-state index contributed by atoms with van der Waals surface area (Å²) < 4.78 is 0. The fourth-order valence-electron chi connectivity index (χ4n) is 2.53. The minimum atomic E-state index is -0.331. The number of aromatic nitrogens is 2. The molecule has 122 valence electrons. The molecule has 1 aromatic heterocycles. The van der Waals surface area contributed by atoms with Gasteiger partial charge in [0.2, 0.25) is 5.91 Å². The second kappa shape index (κ2) is 6.49. The third kappa shape index (κ3) is 3.42. The van der Waals surface area contributed by atoms with Crippen molar-refractivity contribution in [3.05, 3.63) is 59.1 Å². The molecule has 0 spiro atoms. The molecule has 4 nitrogen and oxygen atoms in total. The van der Waals surface area contributed by atoms with E-state index in [2.05, 4.69) is 15.3 Å². The number of hydrogen-bond acceptors (Lipinski definition) is 3. The summed E-state index contributed by atoms with van der Waals surface area (Å²) in [5, 5.41) is 4.14. The van der Waals surface area contributed by atoms with Crippen molar-refractivity contribution in [2.75, 3.05) is 0 Å². The van der Waals surface area contributed by atoms with Crippen LogP contribution in [0.2, 0.25) is 5.02 Å². The molecule has 0 unspecified atom stereocenters. The van der Waals surface area contributed by atoms with Crippen molar-refractivity contribution in [3.8, 4) is 0 Å². The topological polar surface area (TPSA) is 57.8 Å². The first-order chi connectivity index (χ1) is 11.7. The predicted molar refractivity (Wildman–Crippen MR) is 97.3 cm³/mol. The summed E-state index contributed by atoms with van der Waals surface area (Å²) in [5.74, 6) is 0.0344. The van der Waals surface area contributed by atoms with Gasteiger partial charge in [0.05, 0.1) is 11.0 Å². The lowest BCUT2D eigenvalue weighted by Crippen LogP contribution is -2.29. The highest BCUT2D eigenvalue weighted by molar-refractivity contribution is 8.00. The van der Waals surface area contributed by atoms with Crippen molar-refractivity contribution in [2.45, 2.75) is 29.3 Å². The summed E-state index contributed by atoms with van der Waals surface area (Å²) in [7, 11) is 0. The lowest BCUT2D eigenvalue weighted by molar-refractivity contribution is -0.120. The van der Waals surface area contributed by atoms with Gasteiger partial charge in [-0.05, 0) is 36.6 Å². The number of benzene rings is 2. The number of halogens is 1. The molecule has 1 fully saturated rings. The van der Waals surface area contributed by atoms with Crippen LogP contribution in [0.15, 0.2) is 53.7 Å². The number of amides is 1. The molecule has 0 aliphatic heterocycles. The molecule has 0 bridgehead atoms. The number of aromatic amines is 1. The van der Waals surface area contributed by atoms with Gasteiger partial charge in [-0.1, -0.05) is 53.7 Å². The zero-order valence-corrected chi connectivity index (χ0v) is 14.4. The highest BCUT2D eigenvalue weighted by Crippen LogP contribution is 2.36. The van der Waals surface area contributed by atoms with Crippen LogP contribution >= 0.6 is 23.4 Å². The van der Waals surface area contributed by atoms with Crippen LogP contribution in [-0.2, 0) is 4.79 Å². The first-order valence-electron chi connectivity index (χ1n) is 7.86.